The summed E-state index contributed by atoms with van der Waals surface area (Å²) >= 11 is 0. The molecule has 1 aromatic heterocycles. The minimum Gasteiger partial charge on any atom is -0.481 e. The smallest absolute Gasteiger partial charge is 0.328 e. The van der Waals surface area contributed by atoms with Gasteiger partial charge < -0.3 is 57.2 Å². The van der Waals surface area contributed by atoms with Crippen molar-refractivity contribution in [2.75, 3.05) is 0 Å². The van der Waals surface area contributed by atoms with Crippen LogP contribution in [0.4, 0.5) is 4.39 Å². The van der Waals surface area contributed by atoms with Crippen molar-refractivity contribution in [3.8, 4) is 0 Å². The number of hydrogen-bond acceptors (Lipinski definition) is 13. The van der Waals surface area contributed by atoms with Gasteiger partial charge in [-0.2, -0.15) is 4.39 Å². The molecule has 1 heterocycles. The molecule has 5 amide bonds. The Bertz CT molecular complexity index is 1790. The summed E-state index contributed by atoms with van der Waals surface area (Å²) < 4.78 is 13.9. The van der Waals surface area contributed by atoms with Crippen LogP contribution in [0.25, 0.3) is 0 Å². The predicted molar refractivity (Wildman–Crippen MR) is 160 cm³/mol. The predicted octanol–water partition coefficient (Wildman–Crippen LogP) is -6.44. The van der Waals surface area contributed by atoms with Gasteiger partial charge in [0.25, 0.3) is 5.56 Å². The molecule has 0 bridgehead atoms. The second kappa shape index (κ2) is 19.8. The minimum absolute atomic E-state index is 0.312. The van der Waals surface area contributed by atoms with Crippen LogP contribution in [-0.2, 0) is 59.3 Å². The van der Waals surface area contributed by atoms with Gasteiger partial charge in [-0.25, -0.2) is 9.59 Å². The molecular formula is C26H30FN7O19. The number of aromatic amines is 1. The first-order valence-corrected chi connectivity index (χ1v) is 14.3. The Morgan fingerprint density at radius 2 is 0.849 bits per heavy atom. The topological polar surface area (TPSA) is 424 Å². The van der Waals surface area contributed by atoms with Crippen molar-refractivity contribution < 1.29 is 87.8 Å². The first-order chi connectivity index (χ1) is 24.5. The quantitative estimate of drug-likeness (QED) is 0.0522. The van der Waals surface area contributed by atoms with Crippen molar-refractivity contribution >= 4 is 65.4 Å². The van der Waals surface area contributed by atoms with Crippen LogP contribution in [0.15, 0.2) is 15.8 Å². The van der Waals surface area contributed by atoms with E-state index in [0.717, 1.165) is 0 Å². The van der Waals surface area contributed by atoms with Crippen molar-refractivity contribution in [1.82, 2.24) is 36.1 Å². The number of carboxylic acid groups (broad SMARTS) is 6. The number of rotatable bonds is 22. The van der Waals surface area contributed by atoms with E-state index in [1.165, 1.54) is 4.98 Å². The Hall–Kier alpha value is -7.22. The third-order valence-corrected chi connectivity index (χ3v) is 6.34. The lowest BCUT2D eigenvalue weighted by atomic mass is 10.1. The highest BCUT2D eigenvalue weighted by molar-refractivity contribution is 5.99. The molecule has 5 atom stereocenters. The van der Waals surface area contributed by atoms with E-state index in [2.05, 4.69) is 0 Å². The zero-order valence-corrected chi connectivity index (χ0v) is 26.5. The molecule has 1 aromatic rings. The molecule has 27 heteroatoms. The van der Waals surface area contributed by atoms with Crippen molar-refractivity contribution in [2.24, 2.45) is 0 Å². The van der Waals surface area contributed by atoms with Crippen LogP contribution in [0.2, 0.25) is 0 Å². The summed E-state index contributed by atoms with van der Waals surface area (Å²) in [7, 11) is 0. The molecule has 0 spiro atoms. The molecule has 53 heavy (non-hydrogen) atoms. The number of nitrogens with zero attached hydrogens (tertiary/aromatic N) is 1. The molecule has 0 saturated carbocycles. The number of aromatic nitrogens is 2. The lowest BCUT2D eigenvalue weighted by molar-refractivity contribution is -0.148. The highest BCUT2D eigenvalue weighted by Crippen LogP contribution is 2.04. The highest BCUT2D eigenvalue weighted by atomic mass is 19.1. The van der Waals surface area contributed by atoms with E-state index < -0.39 is 151 Å². The summed E-state index contributed by atoms with van der Waals surface area (Å²) in [6.45, 7) is -1.10. The number of aliphatic carboxylic acids is 6. The highest BCUT2D eigenvalue weighted by Gasteiger charge is 2.35. The number of carboxylic acids is 6. The number of halogens is 1. The Kier molecular flexibility index (Phi) is 16.4. The number of H-pyrrole nitrogens is 1. The van der Waals surface area contributed by atoms with Crippen LogP contribution in [0, 0.1) is 5.82 Å². The molecule has 0 aromatic carbocycles. The van der Waals surface area contributed by atoms with Crippen molar-refractivity contribution in [3.63, 3.8) is 0 Å². The largest absolute Gasteiger partial charge is 0.481 e. The summed E-state index contributed by atoms with van der Waals surface area (Å²) in [6.07, 6.45) is -6.14. The Labute approximate surface area is 291 Å². The third kappa shape index (κ3) is 15.5. The normalized spacial score (nSPS) is 13.4. The van der Waals surface area contributed by atoms with E-state index in [9.17, 15) is 82.0 Å². The number of amides is 5. The van der Waals surface area contributed by atoms with E-state index in [1.807, 2.05) is 5.32 Å². The van der Waals surface area contributed by atoms with Gasteiger partial charge in [0.1, 0.15) is 36.8 Å². The number of carbonyl (C=O) groups excluding carboxylic acids is 5. The van der Waals surface area contributed by atoms with Crippen LogP contribution in [0.3, 0.4) is 0 Å². The Morgan fingerprint density at radius 3 is 1.17 bits per heavy atom. The van der Waals surface area contributed by atoms with Crippen LogP contribution in [0.5, 0.6) is 0 Å². The standard InChI is InChI=1S/C26H30FN7O19/c27-8-6-34(26(53)33-20(8)46)7-14(35)28-9(1-15(36)37)21(47)29-10(2-16(38)39)22(48)30-11(3-17(40)41)23(49)31-12(4-18(42)43)24(50)32-13(25(51)52)5-19(44)45/h6,9-13H,1-5,7H2,(H,28,35)(H,29,47)(H,30,48)(H,31,49)(H,32,50)(H,36,37)(H,38,39)(H,40,41)(H,42,43)(H,44,45)(H,51,52)(H,33,46,53)/t9-,10-,11-,12-,13-/m0/s1. The molecular weight excluding hydrogens is 733 g/mol. The molecule has 0 aliphatic carbocycles. The summed E-state index contributed by atoms with van der Waals surface area (Å²) in [5.41, 5.74) is -2.73. The Morgan fingerprint density at radius 1 is 0.547 bits per heavy atom. The van der Waals surface area contributed by atoms with Crippen molar-refractivity contribution in [3.05, 3.63) is 32.9 Å². The molecule has 12 N–H and O–H groups in total. The molecule has 0 unspecified atom stereocenters. The van der Waals surface area contributed by atoms with E-state index in [0.29, 0.717) is 10.8 Å². The van der Waals surface area contributed by atoms with Gasteiger partial charge in [0.2, 0.25) is 35.4 Å². The SMILES string of the molecule is O=C(O)C[C@H](NC(=O)[C@H](CC(=O)O)NC(=O)[C@H](CC(=O)O)NC(=O)[C@H](CC(=O)O)NC(=O)[C@H](CC(=O)O)NC(=O)Cn1cc(F)c(=O)[nH]c1=O)C(=O)O. The van der Waals surface area contributed by atoms with Gasteiger partial charge in [0.05, 0.1) is 38.3 Å². The van der Waals surface area contributed by atoms with Crippen LogP contribution in [0.1, 0.15) is 32.1 Å². The average Bonchev–Trinajstić information content (AvgIpc) is 3.00. The van der Waals surface area contributed by atoms with Gasteiger partial charge in [-0.1, -0.05) is 0 Å². The fourth-order valence-electron chi connectivity index (χ4n) is 3.99. The first-order valence-electron chi connectivity index (χ1n) is 14.3. The zero-order chi connectivity index (χ0) is 40.7. The number of carbonyl (C=O) groups is 11. The number of hydrogen-bond donors (Lipinski definition) is 12. The van der Waals surface area contributed by atoms with Gasteiger partial charge in [0, 0.05) is 0 Å². The Balaban J connectivity index is 3.29. The van der Waals surface area contributed by atoms with Crippen LogP contribution >= 0.6 is 0 Å². The van der Waals surface area contributed by atoms with Gasteiger partial charge in [-0.3, -0.25) is 62.3 Å². The molecule has 0 fully saturated rings. The lowest BCUT2D eigenvalue weighted by Crippen LogP contribution is -2.60. The summed E-state index contributed by atoms with van der Waals surface area (Å²) in [4.78, 5) is 157. The van der Waals surface area contributed by atoms with Crippen LogP contribution < -0.4 is 37.8 Å². The van der Waals surface area contributed by atoms with E-state index >= 15 is 0 Å². The van der Waals surface area contributed by atoms with Crippen molar-refractivity contribution in [1.29, 1.82) is 0 Å². The van der Waals surface area contributed by atoms with Gasteiger partial charge >= 0.3 is 41.5 Å². The first kappa shape index (κ1) is 43.8. The average molecular weight is 764 g/mol. The maximum Gasteiger partial charge on any atom is 0.328 e. The summed E-state index contributed by atoms with van der Waals surface area (Å²) in [5.74, 6) is -20.1. The fourth-order valence-corrected chi connectivity index (χ4v) is 3.99. The van der Waals surface area contributed by atoms with E-state index in [-0.39, 0.29) is 0 Å². The molecule has 0 saturated heterocycles. The molecule has 26 nitrogen and oxygen atoms in total. The molecule has 0 aliphatic heterocycles. The molecule has 290 valence electrons. The summed E-state index contributed by atoms with van der Waals surface area (Å²) in [5, 5.41) is 63.7. The minimum atomic E-state index is -2.29. The van der Waals surface area contributed by atoms with Crippen LogP contribution in [-0.4, -0.2) is 136 Å². The fraction of sp³-hybridized carbons (Fsp3) is 0.423. The number of nitrogens with one attached hydrogen (secondary N) is 6. The van der Waals surface area contributed by atoms with Crippen molar-refractivity contribution in [2.45, 2.75) is 68.9 Å². The van der Waals surface area contributed by atoms with E-state index in [1.54, 1.807) is 21.3 Å². The van der Waals surface area contributed by atoms with E-state index in [4.69, 9.17) is 15.3 Å². The van der Waals surface area contributed by atoms with Gasteiger partial charge in [-0.15, -0.1) is 0 Å². The van der Waals surface area contributed by atoms with Gasteiger partial charge in [0.15, 0.2) is 0 Å². The van der Waals surface area contributed by atoms with Gasteiger partial charge in [-0.05, 0) is 0 Å². The summed E-state index contributed by atoms with van der Waals surface area (Å²) in [6, 6.07) is -11.1. The monoisotopic (exact) mass is 763 g/mol. The second-order valence-electron chi connectivity index (χ2n) is 10.6. The molecule has 1 rings (SSSR count). The lowest BCUT2D eigenvalue weighted by Gasteiger charge is -2.25. The second-order valence-corrected chi connectivity index (χ2v) is 10.6. The zero-order valence-electron chi connectivity index (χ0n) is 26.5. The maximum atomic E-state index is 13.6. The maximum absolute atomic E-state index is 13.6. The molecule has 0 aliphatic rings. The molecule has 0 radical (unpaired) electrons. The third-order valence-electron chi connectivity index (χ3n) is 6.34.